The first-order valence-corrected chi connectivity index (χ1v) is 6.81. The van der Waals surface area contributed by atoms with Gasteiger partial charge in [-0.15, -0.1) is 11.8 Å². The van der Waals surface area contributed by atoms with Gasteiger partial charge < -0.3 is 9.84 Å². The van der Waals surface area contributed by atoms with E-state index in [-0.39, 0.29) is 6.61 Å². The van der Waals surface area contributed by atoms with Crippen LogP contribution in [0.4, 0.5) is 0 Å². The lowest BCUT2D eigenvalue weighted by atomic mass is 9.91. The van der Waals surface area contributed by atoms with E-state index in [4.69, 9.17) is 9.84 Å². The largest absolute Gasteiger partial charge is 0.393 e. The van der Waals surface area contributed by atoms with Crippen molar-refractivity contribution in [1.82, 2.24) is 0 Å². The van der Waals surface area contributed by atoms with Crippen LogP contribution in [-0.4, -0.2) is 29.0 Å². The molecule has 0 fully saturated rings. The summed E-state index contributed by atoms with van der Waals surface area (Å²) in [5.41, 5.74) is -0.00592. The lowest BCUT2D eigenvalue weighted by Crippen LogP contribution is -2.29. The molecule has 0 aromatic rings. The van der Waals surface area contributed by atoms with Crippen molar-refractivity contribution in [2.45, 2.75) is 53.1 Å². The molecular weight excluding hydrogens is 208 g/mol. The van der Waals surface area contributed by atoms with Gasteiger partial charge in [-0.25, -0.2) is 0 Å². The number of ether oxygens (including phenoxy) is 1. The van der Waals surface area contributed by atoms with Crippen molar-refractivity contribution in [2.24, 2.45) is 5.41 Å². The highest BCUT2D eigenvalue weighted by Crippen LogP contribution is 2.27. The maximum absolute atomic E-state index is 9.00. The van der Waals surface area contributed by atoms with Crippen molar-refractivity contribution in [1.29, 1.82) is 0 Å². The van der Waals surface area contributed by atoms with Gasteiger partial charge in [0.05, 0.1) is 18.1 Å². The van der Waals surface area contributed by atoms with Crippen molar-refractivity contribution in [3.05, 3.63) is 0 Å². The van der Waals surface area contributed by atoms with Gasteiger partial charge in [-0.05, 0) is 25.7 Å². The third-order valence-electron chi connectivity index (χ3n) is 2.33. The van der Waals surface area contributed by atoms with Crippen LogP contribution in [0.1, 0.15) is 47.5 Å². The van der Waals surface area contributed by atoms with Crippen LogP contribution in [0.3, 0.4) is 0 Å². The Kier molecular flexibility index (Phi) is 6.89. The zero-order valence-electron chi connectivity index (χ0n) is 10.8. The minimum Gasteiger partial charge on any atom is -0.393 e. The highest BCUT2D eigenvalue weighted by molar-refractivity contribution is 7.99. The Labute approximate surface area is 98.8 Å². The molecular formula is C12H26O2S. The Morgan fingerprint density at radius 2 is 1.80 bits per heavy atom. The number of hydrogen-bond donors (Lipinski definition) is 1. The van der Waals surface area contributed by atoms with Crippen molar-refractivity contribution in [2.75, 3.05) is 18.3 Å². The van der Waals surface area contributed by atoms with Crippen LogP contribution < -0.4 is 0 Å². The highest BCUT2D eigenvalue weighted by Gasteiger charge is 2.19. The van der Waals surface area contributed by atoms with Gasteiger partial charge in [0.15, 0.2) is 0 Å². The first-order valence-electron chi connectivity index (χ1n) is 5.65. The number of hydrogen-bond acceptors (Lipinski definition) is 3. The fraction of sp³-hybridized carbons (Fsp3) is 1.00. The molecule has 0 unspecified atom stereocenters. The minimum absolute atomic E-state index is 0.0753. The second-order valence-electron chi connectivity index (χ2n) is 5.44. The van der Waals surface area contributed by atoms with E-state index in [0.717, 1.165) is 5.75 Å². The molecule has 3 heteroatoms. The van der Waals surface area contributed by atoms with Crippen LogP contribution >= 0.6 is 11.8 Å². The fourth-order valence-electron chi connectivity index (χ4n) is 1.31. The maximum atomic E-state index is 9.00. The predicted molar refractivity (Wildman–Crippen MR) is 68.3 cm³/mol. The Hall–Kier alpha value is 0.270. The molecule has 1 N–H and O–H groups in total. The molecule has 0 radical (unpaired) electrons. The summed E-state index contributed by atoms with van der Waals surface area (Å²) in [7, 11) is 0. The summed E-state index contributed by atoms with van der Waals surface area (Å²) >= 11 is 1.81. The quantitative estimate of drug-likeness (QED) is 0.516. The van der Waals surface area contributed by atoms with Gasteiger partial charge in [0.25, 0.3) is 0 Å². The van der Waals surface area contributed by atoms with E-state index in [1.165, 1.54) is 12.8 Å². The molecule has 0 saturated carbocycles. The molecule has 0 aliphatic rings. The predicted octanol–water partition coefficient (Wildman–Crippen LogP) is 3.29. The van der Waals surface area contributed by atoms with Crippen LogP contribution in [0.5, 0.6) is 0 Å². The summed E-state index contributed by atoms with van der Waals surface area (Å²) in [6, 6.07) is 0. The molecule has 0 aliphatic heterocycles. The van der Waals surface area contributed by atoms with Gasteiger partial charge in [0.1, 0.15) is 0 Å². The summed E-state index contributed by atoms with van der Waals surface area (Å²) in [5.74, 6) is 1.78. The summed E-state index contributed by atoms with van der Waals surface area (Å²) in [6.07, 6.45) is 2.49. The summed E-state index contributed by atoms with van der Waals surface area (Å²) < 4.78 is 5.57. The molecule has 0 saturated heterocycles. The van der Waals surface area contributed by atoms with Crippen LogP contribution in [0.15, 0.2) is 0 Å². The molecule has 0 amide bonds. The second kappa shape index (κ2) is 6.77. The fourth-order valence-corrected chi connectivity index (χ4v) is 2.50. The van der Waals surface area contributed by atoms with E-state index in [0.29, 0.717) is 11.4 Å². The smallest absolute Gasteiger partial charge is 0.0929 e. The number of aliphatic hydroxyl groups is 1. The molecule has 2 nitrogen and oxygen atoms in total. The molecule has 0 atom stereocenters. The normalized spacial score (nSPS) is 13.2. The molecule has 92 valence electrons. The van der Waals surface area contributed by atoms with E-state index in [2.05, 4.69) is 20.8 Å². The monoisotopic (exact) mass is 234 g/mol. The molecule has 0 spiro atoms. The lowest BCUT2D eigenvalue weighted by Gasteiger charge is -2.26. The van der Waals surface area contributed by atoms with Gasteiger partial charge in [0, 0.05) is 5.75 Å². The third kappa shape index (κ3) is 8.12. The first-order chi connectivity index (χ1) is 6.83. The summed E-state index contributed by atoms with van der Waals surface area (Å²) in [5, 5.41) is 9.00. The number of aliphatic hydroxyl groups excluding tert-OH is 1. The van der Waals surface area contributed by atoms with Gasteiger partial charge in [-0.2, -0.15) is 0 Å². The molecule has 0 aliphatic carbocycles. The zero-order chi connectivity index (χ0) is 11.9. The molecule has 0 aromatic heterocycles. The second-order valence-corrected chi connectivity index (χ2v) is 6.38. The van der Waals surface area contributed by atoms with Crippen LogP contribution in [0.25, 0.3) is 0 Å². The summed E-state index contributed by atoms with van der Waals surface area (Å²) in [6.45, 7) is 10.7. The number of rotatable bonds is 8. The standard InChI is InChI=1S/C12H26O2S/c1-6-7-11(2,3)9-15-10-14-12(4,5)8-13/h13H,6-10H2,1-5H3. The molecule has 0 aromatic carbocycles. The zero-order valence-corrected chi connectivity index (χ0v) is 11.6. The van der Waals surface area contributed by atoms with Crippen molar-refractivity contribution in [3.8, 4) is 0 Å². The van der Waals surface area contributed by atoms with E-state index >= 15 is 0 Å². The highest BCUT2D eigenvalue weighted by atomic mass is 32.2. The van der Waals surface area contributed by atoms with Gasteiger partial charge in [-0.3, -0.25) is 0 Å². The van der Waals surface area contributed by atoms with E-state index in [1.54, 1.807) is 0 Å². The first kappa shape index (κ1) is 15.3. The average Bonchev–Trinajstić information content (AvgIpc) is 2.13. The molecule has 15 heavy (non-hydrogen) atoms. The lowest BCUT2D eigenvalue weighted by molar-refractivity contribution is -0.0307. The molecule has 0 bridgehead atoms. The minimum atomic E-state index is -0.401. The van der Waals surface area contributed by atoms with E-state index in [1.807, 2.05) is 25.6 Å². The van der Waals surface area contributed by atoms with E-state index in [9.17, 15) is 0 Å². The maximum Gasteiger partial charge on any atom is 0.0929 e. The van der Waals surface area contributed by atoms with Gasteiger partial charge >= 0.3 is 0 Å². The Morgan fingerprint density at radius 3 is 2.27 bits per heavy atom. The molecule has 0 rings (SSSR count). The molecule has 0 heterocycles. The Balaban J connectivity index is 3.62. The third-order valence-corrected chi connectivity index (χ3v) is 3.60. The Morgan fingerprint density at radius 1 is 1.20 bits per heavy atom. The average molecular weight is 234 g/mol. The SMILES string of the molecule is CCCC(C)(C)CSCOC(C)(C)CO. The topological polar surface area (TPSA) is 29.5 Å². The van der Waals surface area contributed by atoms with Crippen LogP contribution in [-0.2, 0) is 4.74 Å². The van der Waals surface area contributed by atoms with Crippen molar-refractivity contribution >= 4 is 11.8 Å². The number of thioether (sulfide) groups is 1. The Bertz CT molecular complexity index is 167. The van der Waals surface area contributed by atoms with E-state index < -0.39 is 5.60 Å². The van der Waals surface area contributed by atoms with Gasteiger partial charge in [0.2, 0.25) is 0 Å². The van der Waals surface area contributed by atoms with Crippen LogP contribution in [0.2, 0.25) is 0 Å². The van der Waals surface area contributed by atoms with Gasteiger partial charge in [-0.1, -0.05) is 27.2 Å². The van der Waals surface area contributed by atoms with Crippen molar-refractivity contribution < 1.29 is 9.84 Å². The van der Waals surface area contributed by atoms with Crippen LogP contribution in [0, 0.1) is 5.41 Å². The summed E-state index contributed by atoms with van der Waals surface area (Å²) in [4.78, 5) is 0. The van der Waals surface area contributed by atoms with Crippen molar-refractivity contribution in [3.63, 3.8) is 0 Å².